The van der Waals surface area contributed by atoms with Crippen LogP contribution in [0.2, 0.25) is 0 Å². The molecule has 0 bridgehead atoms. The molecule has 4 rings (SSSR count). The Kier molecular flexibility index (Phi) is 5.81. The van der Waals surface area contributed by atoms with E-state index in [4.69, 9.17) is 4.98 Å². The van der Waals surface area contributed by atoms with Gasteiger partial charge in [0.1, 0.15) is 11.9 Å². The second kappa shape index (κ2) is 8.67. The Morgan fingerprint density at radius 1 is 1.00 bits per heavy atom. The minimum absolute atomic E-state index is 0.0938. The number of para-hydroxylation sites is 2. The fourth-order valence-electron chi connectivity index (χ4n) is 3.46. The Balaban J connectivity index is 1.59. The van der Waals surface area contributed by atoms with Gasteiger partial charge >= 0.3 is 0 Å². The van der Waals surface area contributed by atoms with Crippen LogP contribution in [-0.4, -0.2) is 31.2 Å². The average Bonchev–Trinajstić information content (AvgIpc) is 3.07. The molecule has 0 saturated heterocycles. The molecule has 0 radical (unpaired) electrons. The number of aryl methyl sites for hydroxylation is 3. The first kappa shape index (κ1) is 20.1. The molecule has 2 aromatic heterocycles. The lowest BCUT2D eigenvalue weighted by Gasteiger charge is -2.19. The summed E-state index contributed by atoms with van der Waals surface area (Å²) >= 11 is 1.34. The van der Waals surface area contributed by atoms with Gasteiger partial charge in [-0.05, 0) is 37.6 Å². The molecule has 1 unspecified atom stereocenters. The quantitative estimate of drug-likeness (QED) is 0.379. The third-order valence-electron chi connectivity index (χ3n) is 4.81. The first-order valence-corrected chi connectivity index (χ1v) is 10.7. The van der Waals surface area contributed by atoms with E-state index in [0.717, 1.165) is 33.8 Å². The Hall–Kier alpha value is -3.19. The average molecular weight is 418 g/mol. The second-order valence-electron chi connectivity index (χ2n) is 7.15. The lowest BCUT2D eigenvalue weighted by atomic mass is 10.1. The van der Waals surface area contributed by atoms with Gasteiger partial charge in [0.05, 0.1) is 16.8 Å². The topological polar surface area (TPSA) is 72.7 Å². The second-order valence-corrected chi connectivity index (χ2v) is 8.09. The molecule has 1 amide bonds. The van der Waals surface area contributed by atoms with Crippen LogP contribution in [0, 0.1) is 13.8 Å². The Morgan fingerprint density at radius 2 is 1.67 bits per heavy atom. The smallest absolute Gasteiger partial charge is 0.231 e. The molecule has 0 aliphatic heterocycles. The molecular weight excluding hydrogens is 394 g/mol. The molecule has 1 N–H and O–H groups in total. The molecule has 152 valence electrons. The summed E-state index contributed by atoms with van der Waals surface area (Å²) < 4.78 is 2.04. The van der Waals surface area contributed by atoms with Crippen LogP contribution in [0.15, 0.2) is 65.8 Å². The normalized spacial score (nSPS) is 12.1. The van der Waals surface area contributed by atoms with Gasteiger partial charge in [-0.3, -0.25) is 4.79 Å². The van der Waals surface area contributed by atoms with Crippen LogP contribution in [-0.2, 0) is 11.8 Å². The van der Waals surface area contributed by atoms with Crippen LogP contribution in [0.5, 0.6) is 0 Å². The number of imidazole rings is 1. The fourth-order valence-corrected chi connectivity index (χ4v) is 4.22. The van der Waals surface area contributed by atoms with Crippen molar-refractivity contribution in [3.05, 3.63) is 83.4 Å². The van der Waals surface area contributed by atoms with Crippen molar-refractivity contribution in [2.45, 2.75) is 25.0 Å². The van der Waals surface area contributed by atoms with E-state index in [1.54, 1.807) is 0 Å². The molecule has 0 saturated carbocycles. The van der Waals surface area contributed by atoms with Crippen LogP contribution in [0.3, 0.4) is 0 Å². The van der Waals surface area contributed by atoms with Crippen molar-refractivity contribution >= 4 is 28.7 Å². The van der Waals surface area contributed by atoms with Crippen LogP contribution in [0.1, 0.15) is 28.8 Å². The highest BCUT2D eigenvalue weighted by Gasteiger charge is 2.22. The summed E-state index contributed by atoms with van der Waals surface area (Å²) in [5.74, 6) is 0.933. The van der Waals surface area contributed by atoms with E-state index in [2.05, 4.69) is 15.3 Å². The molecule has 6 nitrogen and oxygen atoms in total. The van der Waals surface area contributed by atoms with Crippen molar-refractivity contribution in [1.29, 1.82) is 0 Å². The number of nitrogens with zero attached hydrogens (tertiary/aromatic N) is 4. The summed E-state index contributed by atoms with van der Waals surface area (Å²) in [7, 11) is 1.98. The van der Waals surface area contributed by atoms with Crippen molar-refractivity contribution in [1.82, 2.24) is 24.8 Å². The number of hydrogen-bond donors (Lipinski definition) is 1. The number of benzene rings is 2. The lowest BCUT2D eigenvalue weighted by molar-refractivity contribution is -0.119. The van der Waals surface area contributed by atoms with Crippen LogP contribution >= 0.6 is 11.8 Å². The first-order chi connectivity index (χ1) is 14.5. The zero-order valence-corrected chi connectivity index (χ0v) is 18.0. The van der Waals surface area contributed by atoms with E-state index in [9.17, 15) is 4.79 Å². The van der Waals surface area contributed by atoms with Crippen LogP contribution in [0.25, 0.3) is 11.0 Å². The molecule has 0 fully saturated rings. The van der Waals surface area contributed by atoms with Gasteiger partial charge in [-0.15, -0.1) is 0 Å². The summed E-state index contributed by atoms with van der Waals surface area (Å²) in [5, 5.41) is 3.76. The van der Waals surface area contributed by atoms with E-state index in [1.165, 1.54) is 11.8 Å². The van der Waals surface area contributed by atoms with Crippen molar-refractivity contribution in [3.8, 4) is 0 Å². The SMILES string of the molecule is Cc1cc(C)nc(SCC(=O)NC(c2ccccc2)c2nc3ccccc3n2C)n1. The van der Waals surface area contributed by atoms with Crippen molar-refractivity contribution in [2.24, 2.45) is 7.05 Å². The van der Waals surface area contributed by atoms with E-state index in [-0.39, 0.29) is 17.7 Å². The maximum absolute atomic E-state index is 12.8. The highest BCUT2D eigenvalue weighted by Crippen LogP contribution is 2.25. The monoisotopic (exact) mass is 417 g/mol. The minimum Gasteiger partial charge on any atom is -0.341 e. The summed E-state index contributed by atoms with van der Waals surface area (Å²) in [6.07, 6.45) is 0. The van der Waals surface area contributed by atoms with Gasteiger partial charge < -0.3 is 9.88 Å². The highest BCUT2D eigenvalue weighted by atomic mass is 32.2. The summed E-state index contributed by atoms with van der Waals surface area (Å²) in [4.78, 5) is 26.4. The Bertz CT molecular complexity index is 1170. The van der Waals surface area contributed by atoms with Gasteiger partial charge in [-0.25, -0.2) is 15.0 Å². The maximum atomic E-state index is 12.8. The van der Waals surface area contributed by atoms with E-state index < -0.39 is 0 Å². The van der Waals surface area contributed by atoms with Gasteiger partial charge in [0.25, 0.3) is 0 Å². The van der Waals surface area contributed by atoms with E-state index in [0.29, 0.717) is 5.16 Å². The maximum Gasteiger partial charge on any atom is 0.231 e. The van der Waals surface area contributed by atoms with Gasteiger partial charge in [0.2, 0.25) is 5.91 Å². The number of amides is 1. The number of aromatic nitrogens is 4. The summed E-state index contributed by atoms with van der Waals surface area (Å²) in [6, 6.07) is 19.4. The molecule has 2 aromatic carbocycles. The number of carbonyl (C=O) groups is 1. The molecular formula is C23H23N5OS. The molecule has 30 heavy (non-hydrogen) atoms. The number of nitrogens with one attached hydrogen (secondary N) is 1. The number of rotatable bonds is 6. The molecule has 2 heterocycles. The Labute approximate surface area is 179 Å². The molecule has 7 heteroatoms. The third-order valence-corrected chi connectivity index (χ3v) is 5.66. The molecule has 0 aliphatic rings. The predicted octanol–water partition coefficient (Wildman–Crippen LogP) is 3.98. The molecule has 4 aromatic rings. The third kappa shape index (κ3) is 4.36. The lowest BCUT2D eigenvalue weighted by Crippen LogP contribution is -2.32. The van der Waals surface area contributed by atoms with Gasteiger partial charge in [0, 0.05) is 18.4 Å². The van der Waals surface area contributed by atoms with Crippen molar-refractivity contribution in [2.75, 3.05) is 5.75 Å². The Morgan fingerprint density at radius 3 is 2.37 bits per heavy atom. The standard InChI is InChI=1S/C23H23N5OS/c1-15-13-16(2)25-23(24-15)30-14-20(29)27-21(17-9-5-4-6-10-17)22-26-18-11-7-8-12-19(18)28(22)3/h4-13,21H,14H2,1-3H3,(H,27,29). The molecule has 0 spiro atoms. The van der Waals surface area contributed by atoms with E-state index >= 15 is 0 Å². The number of thioether (sulfide) groups is 1. The van der Waals surface area contributed by atoms with Crippen molar-refractivity contribution < 1.29 is 4.79 Å². The fraction of sp³-hybridized carbons (Fsp3) is 0.217. The largest absolute Gasteiger partial charge is 0.341 e. The summed E-state index contributed by atoms with van der Waals surface area (Å²) in [5.41, 5.74) is 4.71. The number of hydrogen-bond acceptors (Lipinski definition) is 5. The zero-order valence-electron chi connectivity index (χ0n) is 17.2. The highest BCUT2D eigenvalue weighted by molar-refractivity contribution is 7.99. The molecule has 1 atom stereocenters. The number of carbonyl (C=O) groups excluding carboxylic acids is 1. The van der Waals surface area contributed by atoms with E-state index in [1.807, 2.05) is 86.1 Å². The van der Waals surface area contributed by atoms with Crippen molar-refractivity contribution in [3.63, 3.8) is 0 Å². The minimum atomic E-state index is -0.350. The molecule has 0 aliphatic carbocycles. The predicted molar refractivity (Wildman–Crippen MR) is 119 cm³/mol. The first-order valence-electron chi connectivity index (χ1n) is 9.72. The van der Waals surface area contributed by atoms with Crippen LogP contribution < -0.4 is 5.32 Å². The number of fused-ring (bicyclic) bond motifs is 1. The van der Waals surface area contributed by atoms with Gasteiger partial charge in [-0.1, -0.05) is 54.2 Å². The van der Waals surface area contributed by atoms with Crippen LogP contribution in [0.4, 0.5) is 0 Å². The van der Waals surface area contributed by atoms with Gasteiger partial charge in [-0.2, -0.15) is 0 Å². The van der Waals surface area contributed by atoms with Gasteiger partial charge in [0.15, 0.2) is 5.16 Å². The zero-order chi connectivity index (χ0) is 21.1. The summed E-state index contributed by atoms with van der Waals surface area (Å²) in [6.45, 7) is 3.85.